The molecule has 2 aliphatic rings. The first-order valence-electron chi connectivity index (χ1n) is 10.8. The first kappa shape index (κ1) is 26.5. The molecule has 4 rings (SSSR count). The van der Waals surface area contributed by atoms with Crippen molar-refractivity contribution in [1.82, 2.24) is 4.90 Å². The molecule has 0 aromatic heterocycles. The molecular formula is C24H27F3N2O6. The summed E-state index contributed by atoms with van der Waals surface area (Å²) in [6.07, 6.45) is -5.08. The van der Waals surface area contributed by atoms with Crippen molar-refractivity contribution in [3.8, 4) is 5.75 Å². The van der Waals surface area contributed by atoms with Crippen molar-refractivity contribution in [2.24, 2.45) is 0 Å². The van der Waals surface area contributed by atoms with Crippen molar-refractivity contribution in [2.45, 2.75) is 18.3 Å². The van der Waals surface area contributed by atoms with Crippen LogP contribution in [-0.4, -0.2) is 80.2 Å². The van der Waals surface area contributed by atoms with Crippen LogP contribution in [0.2, 0.25) is 0 Å². The molecule has 0 saturated carbocycles. The van der Waals surface area contributed by atoms with Crippen LogP contribution < -0.4 is 9.64 Å². The van der Waals surface area contributed by atoms with Crippen LogP contribution in [0.15, 0.2) is 54.6 Å². The molecule has 1 spiro atoms. The maximum atomic E-state index is 12.5. The van der Waals surface area contributed by atoms with E-state index in [9.17, 15) is 18.0 Å². The second kappa shape index (κ2) is 11.5. The van der Waals surface area contributed by atoms with E-state index in [1.807, 2.05) is 47.4 Å². The molecule has 2 aliphatic heterocycles. The highest BCUT2D eigenvalue weighted by Crippen LogP contribution is 2.28. The molecule has 1 unspecified atom stereocenters. The number of methoxy groups -OCH3 is 1. The number of carbonyl (C=O) groups excluding carboxylic acids is 1. The highest BCUT2D eigenvalue weighted by molar-refractivity contribution is 5.95. The Hall–Kier alpha value is -3.15. The first-order chi connectivity index (χ1) is 16.6. The topological polar surface area (TPSA) is 88.5 Å². The number of morpholine rings is 1. The Balaban J connectivity index is 0.000000429. The fourth-order valence-electron chi connectivity index (χ4n) is 3.85. The van der Waals surface area contributed by atoms with Gasteiger partial charge in [0.2, 0.25) is 0 Å². The number of carboxylic acids is 1. The van der Waals surface area contributed by atoms with Crippen LogP contribution in [0.1, 0.15) is 5.56 Å². The second-order valence-electron chi connectivity index (χ2n) is 8.20. The van der Waals surface area contributed by atoms with Gasteiger partial charge in [-0.15, -0.1) is 0 Å². The lowest BCUT2D eigenvalue weighted by Gasteiger charge is -2.43. The molecule has 2 aromatic rings. The van der Waals surface area contributed by atoms with Crippen LogP contribution >= 0.6 is 0 Å². The number of halogens is 3. The van der Waals surface area contributed by atoms with E-state index < -0.39 is 17.7 Å². The summed E-state index contributed by atoms with van der Waals surface area (Å²) in [5.74, 6) is -1.91. The molecule has 0 bridgehead atoms. The zero-order chi connectivity index (χ0) is 25.5. The summed E-state index contributed by atoms with van der Waals surface area (Å²) in [6, 6.07) is 17.9. The molecule has 0 radical (unpaired) electrons. The molecule has 8 nitrogen and oxygen atoms in total. The van der Waals surface area contributed by atoms with Gasteiger partial charge in [-0.05, 0) is 29.8 Å². The average Bonchev–Trinajstić information content (AvgIpc) is 3.03. The van der Waals surface area contributed by atoms with Crippen LogP contribution in [0.4, 0.5) is 18.9 Å². The van der Waals surface area contributed by atoms with E-state index in [4.69, 9.17) is 24.1 Å². The number of hydrogen-bond donors (Lipinski definition) is 1. The van der Waals surface area contributed by atoms with E-state index in [2.05, 4.69) is 17.0 Å². The van der Waals surface area contributed by atoms with Gasteiger partial charge in [-0.1, -0.05) is 30.3 Å². The minimum absolute atomic E-state index is 0.0113. The van der Waals surface area contributed by atoms with Crippen LogP contribution in [0.3, 0.4) is 0 Å². The summed E-state index contributed by atoms with van der Waals surface area (Å²) < 4.78 is 48.9. The van der Waals surface area contributed by atoms with E-state index in [0.29, 0.717) is 19.8 Å². The standard InChI is InChI=1S/C22H26N2O4.C2HF3O2/c1-26-20-9-7-18(8-10-20)13-23-11-12-27-17-22(15-23)16-24(21(25)14-28-22)19-5-3-2-4-6-19;3-2(4,5)1(6)7/h2-10H,11-17H2,1H3;(H,6,7). The lowest BCUT2D eigenvalue weighted by molar-refractivity contribution is -0.192. The number of para-hydroxylation sites is 1. The second-order valence-corrected chi connectivity index (χ2v) is 8.20. The zero-order valence-corrected chi connectivity index (χ0v) is 19.2. The Morgan fingerprint density at radius 2 is 1.77 bits per heavy atom. The third-order valence-electron chi connectivity index (χ3n) is 5.55. The predicted octanol–water partition coefficient (Wildman–Crippen LogP) is 2.96. The highest BCUT2D eigenvalue weighted by atomic mass is 19.4. The number of benzene rings is 2. The molecule has 2 saturated heterocycles. The van der Waals surface area contributed by atoms with Crippen molar-refractivity contribution >= 4 is 17.6 Å². The van der Waals surface area contributed by atoms with Gasteiger partial charge in [-0.3, -0.25) is 9.69 Å². The number of amides is 1. The molecule has 35 heavy (non-hydrogen) atoms. The minimum atomic E-state index is -5.08. The van der Waals surface area contributed by atoms with Gasteiger partial charge in [0.1, 0.15) is 18.0 Å². The molecule has 2 heterocycles. The monoisotopic (exact) mass is 496 g/mol. The van der Waals surface area contributed by atoms with Crippen LogP contribution in [0.25, 0.3) is 0 Å². The van der Waals surface area contributed by atoms with Crippen LogP contribution in [0.5, 0.6) is 5.75 Å². The van der Waals surface area contributed by atoms with Crippen LogP contribution in [-0.2, 0) is 25.6 Å². The lowest BCUT2D eigenvalue weighted by atomic mass is 10.0. The Labute approximate surface area is 200 Å². The number of aliphatic carboxylic acids is 1. The summed E-state index contributed by atoms with van der Waals surface area (Å²) in [4.78, 5) is 25.5. The summed E-state index contributed by atoms with van der Waals surface area (Å²) in [7, 11) is 1.67. The Morgan fingerprint density at radius 1 is 1.11 bits per heavy atom. The Kier molecular flexibility index (Phi) is 8.71. The van der Waals surface area contributed by atoms with Crippen molar-refractivity contribution in [3.05, 3.63) is 60.2 Å². The van der Waals surface area contributed by atoms with Gasteiger partial charge in [-0.25, -0.2) is 4.79 Å². The third-order valence-corrected chi connectivity index (χ3v) is 5.55. The fraction of sp³-hybridized carbons (Fsp3) is 0.417. The van der Waals surface area contributed by atoms with Gasteiger partial charge in [0.25, 0.3) is 5.91 Å². The molecule has 190 valence electrons. The van der Waals surface area contributed by atoms with E-state index in [-0.39, 0.29) is 12.5 Å². The van der Waals surface area contributed by atoms with Gasteiger partial charge in [0.05, 0.1) is 26.9 Å². The molecule has 1 atom stereocenters. The average molecular weight is 496 g/mol. The smallest absolute Gasteiger partial charge is 0.490 e. The van der Waals surface area contributed by atoms with Gasteiger partial charge in [-0.2, -0.15) is 13.2 Å². The summed E-state index contributed by atoms with van der Waals surface area (Å²) in [6.45, 7) is 4.07. The zero-order valence-electron chi connectivity index (χ0n) is 19.2. The van der Waals surface area contributed by atoms with Crippen molar-refractivity contribution in [3.63, 3.8) is 0 Å². The summed E-state index contributed by atoms with van der Waals surface area (Å²) >= 11 is 0. The predicted molar refractivity (Wildman–Crippen MR) is 120 cm³/mol. The Bertz CT molecular complexity index is 987. The number of carboxylic acid groups (broad SMARTS) is 1. The van der Waals surface area contributed by atoms with Crippen molar-refractivity contribution < 1.29 is 42.1 Å². The first-order valence-corrected chi connectivity index (χ1v) is 10.8. The molecule has 0 aliphatic carbocycles. The molecule has 1 amide bonds. The number of rotatable bonds is 4. The Morgan fingerprint density at radius 3 is 2.37 bits per heavy atom. The molecule has 2 fully saturated rings. The van der Waals surface area contributed by atoms with Gasteiger partial charge in [0, 0.05) is 25.3 Å². The van der Waals surface area contributed by atoms with Gasteiger partial charge >= 0.3 is 12.1 Å². The van der Waals surface area contributed by atoms with E-state index in [1.54, 1.807) is 7.11 Å². The number of nitrogens with zero attached hydrogens (tertiary/aromatic N) is 2. The number of ether oxygens (including phenoxy) is 3. The normalized spacial score (nSPS) is 21.1. The van der Waals surface area contributed by atoms with E-state index in [1.165, 1.54) is 5.56 Å². The number of anilines is 1. The van der Waals surface area contributed by atoms with Crippen molar-refractivity contribution in [2.75, 3.05) is 51.5 Å². The van der Waals surface area contributed by atoms with Gasteiger partial charge in [0.15, 0.2) is 0 Å². The number of carbonyl (C=O) groups is 2. The van der Waals surface area contributed by atoms with Crippen LogP contribution in [0, 0.1) is 0 Å². The maximum Gasteiger partial charge on any atom is 0.490 e. The molecule has 1 N–H and O–H groups in total. The number of alkyl halides is 3. The summed E-state index contributed by atoms with van der Waals surface area (Å²) in [5, 5.41) is 7.12. The maximum absolute atomic E-state index is 12.5. The fourth-order valence-corrected chi connectivity index (χ4v) is 3.85. The molecule has 11 heteroatoms. The SMILES string of the molecule is COc1ccc(CN2CCOCC3(C2)CN(c2ccccc2)C(=O)CO3)cc1.O=C(O)C(F)(F)F. The minimum Gasteiger partial charge on any atom is -0.497 e. The lowest BCUT2D eigenvalue weighted by Crippen LogP contribution is -2.60. The quantitative estimate of drug-likeness (QED) is 0.696. The van der Waals surface area contributed by atoms with Gasteiger partial charge < -0.3 is 24.2 Å². The van der Waals surface area contributed by atoms with E-state index in [0.717, 1.165) is 31.1 Å². The largest absolute Gasteiger partial charge is 0.497 e. The third kappa shape index (κ3) is 7.41. The summed E-state index contributed by atoms with van der Waals surface area (Å²) in [5.41, 5.74) is 1.60. The molecule has 2 aromatic carbocycles. The molecular weight excluding hydrogens is 469 g/mol. The van der Waals surface area contributed by atoms with Crippen molar-refractivity contribution in [1.29, 1.82) is 0 Å². The highest BCUT2D eigenvalue weighted by Gasteiger charge is 2.43. The number of hydrogen-bond acceptors (Lipinski definition) is 6. The van der Waals surface area contributed by atoms with E-state index >= 15 is 0 Å².